The molecule has 1 atom stereocenters. The van der Waals surface area contributed by atoms with Crippen molar-refractivity contribution in [2.24, 2.45) is 0 Å². The third-order valence-electron chi connectivity index (χ3n) is 5.93. The average molecular weight is 511 g/mol. The number of rotatable bonds is 11. The number of nitrogens with one attached hydrogen (secondary N) is 1. The van der Waals surface area contributed by atoms with Crippen molar-refractivity contribution in [1.29, 1.82) is 0 Å². The highest BCUT2D eigenvalue weighted by Gasteiger charge is 2.30. The minimum Gasteiger partial charge on any atom is -0.354 e. The predicted molar refractivity (Wildman–Crippen MR) is 144 cm³/mol. The first-order valence-electron chi connectivity index (χ1n) is 12.0. The standard InChI is InChI=1S/C29H32Cl2N2O2/c1-3-4-16-32-29(35)27(17-22-8-6-5-7-9-22)33(20-24-14-15-25(30)19-26(24)31)28(34)18-23-12-10-21(2)11-13-23/h5-15,19,27H,3-4,16-18,20H2,1-2H3,(H,32,35). The van der Waals surface area contributed by atoms with Gasteiger partial charge in [-0.05, 0) is 42.2 Å². The highest BCUT2D eigenvalue weighted by Crippen LogP contribution is 2.24. The fourth-order valence-corrected chi connectivity index (χ4v) is 4.34. The summed E-state index contributed by atoms with van der Waals surface area (Å²) in [5, 5.41) is 4.02. The monoisotopic (exact) mass is 510 g/mol. The average Bonchev–Trinajstić information content (AvgIpc) is 2.84. The van der Waals surface area contributed by atoms with Gasteiger partial charge in [0.15, 0.2) is 0 Å². The van der Waals surface area contributed by atoms with Crippen LogP contribution >= 0.6 is 23.2 Å². The fourth-order valence-electron chi connectivity index (χ4n) is 3.88. The van der Waals surface area contributed by atoms with E-state index >= 15 is 0 Å². The summed E-state index contributed by atoms with van der Waals surface area (Å²) >= 11 is 12.6. The summed E-state index contributed by atoms with van der Waals surface area (Å²) in [5.74, 6) is -0.295. The van der Waals surface area contributed by atoms with Gasteiger partial charge in [-0.2, -0.15) is 0 Å². The van der Waals surface area contributed by atoms with Gasteiger partial charge in [-0.15, -0.1) is 0 Å². The van der Waals surface area contributed by atoms with E-state index in [4.69, 9.17) is 23.2 Å². The first kappa shape index (κ1) is 26.8. The van der Waals surface area contributed by atoms with Crippen molar-refractivity contribution < 1.29 is 9.59 Å². The molecule has 0 aliphatic rings. The molecule has 1 unspecified atom stereocenters. The van der Waals surface area contributed by atoms with E-state index in [1.807, 2.05) is 67.6 Å². The van der Waals surface area contributed by atoms with Crippen LogP contribution in [0.15, 0.2) is 72.8 Å². The normalized spacial score (nSPS) is 11.7. The van der Waals surface area contributed by atoms with Gasteiger partial charge in [-0.25, -0.2) is 0 Å². The summed E-state index contributed by atoms with van der Waals surface area (Å²) < 4.78 is 0. The molecule has 0 bridgehead atoms. The van der Waals surface area contributed by atoms with Crippen LogP contribution in [0, 0.1) is 6.92 Å². The molecule has 4 nitrogen and oxygen atoms in total. The summed E-state index contributed by atoms with van der Waals surface area (Å²) in [6.07, 6.45) is 2.45. The number of amides is 2. The quantitative estimate of drug-likeness (QED) is 0.303. The second kappa shape index (κ2) is 13.3. The predicted octanol–water partition coefficient (Wildman–Crippen LogP) is 6.40. The molecule has 0 fully saturated rings. The number of unbranched alkanes of at least 4 members (excludes halogenated alkanes) is 1. The zero-order valence-corrected chi connectivity index (χ0v) is 21.8. The van der Waals surface area contributed by atoms with Crippen LogP contribution in [0.3, 0.4) is 0 Å². The van der Waals surface area contributed by atoms with Crippen molar-refractivity contribution in [2.45, 2.75) is 52.1 Å². The van der Waals surface area contributed by atoms with Crippen molar-refractivity contribution in [3.8, 4) is 0 Å². The van der Waals surface area contributed by atoms with Gasteiger partial charge < -0.3 is 10.2 Å². The van der Waals surface area contributed by atoms with Gasteiger partial charge in [0.05, 0.1) is 6.42 Å². The highest BCUT2D eigenvalue weighted by molar-refractivity contribution is 6.35. The fraction of sp³-hybridized carbons (Fsp3) is 0.310. The van der Waals surface area contributed by atoms with Crippen LogP contribution in [0.5, 0.6) is 0 Å². The molecular formula is C29H32Cl2N2O2. The van der Waals surface area contributed by atoms with E-state index in [1.165, 1.54) is 0 Å². The Labute approximate surface area is 218 Å². The van der Waals surface area contributed by atoms with Crippen LogP contribution < -0.4 is 5.32 Å². The topological polar surface area (TPSA) is 49.4 Å². The molecule has 6 heteroatoms. The van der Waals surface area contributed by atoms with Crippen molar-refractivity contribution in [1.82, 2.24) is 10.2 Å². The van der Waals surface area contributed by atoms with Gasteiger partial charge in [-0.3, -0.25) is 9.59 Å². The molecule has 0 heterocycles. The second-order valence-electron chi connectivity index (χ2n) is 8.77. The summed E-state index contributed by atoms with van der Waals surface area (Å²) in [5.41, 5.74) is 3.76. The Morgan fingerprint density at radius 2 is 1.66 bits per heavy atom. The first-order chi connectivity index (χ1) is 16.9. The molecule has 0 aliphatic heterocycles. The largest absolute Gasteiger partial charge is 0.354 e. The highest BCUT2D eigenvalue weighted by atomic mass is 35.5. The third kappa shape index (κ3) is 8.12. The maximum Gasteiger partial charge on any atom is 0.243 e. The Kier molecular flexibility index (Phi) is 10.2. The van der Waals surface area contributed by atoms with E-state index in [9.17, 15) is 9.59 Å². The molecule has 3 rings (SSSR count). The van der Waals surface area contributed by atoms with Crippen LogP contribution in [-0.2, 0) is 29.0 Å². The SMILES string of the molecule is CCCCNC(=O)C(Cc1ccccc1)N(Cc1ccc(Cl)cc1Cl)C(=O)Cc1ccc(C)cc1. The maximum absolute atomic E-state index is 13.7. The molecule has 3 aromatic rings. The number of nitrogens with zero attached hydrogens (tertiary/aromatic N) is 1. The van der Waals surface area contributed by atoms with Gasteiger partial charge in [0.1, 0.15) is 6.04 Å². The van der Waals surface area contributed by atoms with Crippen LogP contribution in [0.4, 0.5) is 0 Å². The molecule has 0 aliphatic carbocycles. The van der Waals surface area contributed by atoms with E-state index in [2.05, 4.69) is 12.2 Å². The van der Waals surface area contributed by atoms with Crippen molar-refractivity contribution in [3.05, 3.63) is 105 Å². The Hall–Kier alpha value is -2.82. The number of hydrogen-bond acceptors (Lipinski definition) is 2. The van der Waals surface area contributed by atoms with Crippen molar-refractivity contribution in [2.75, 3.05) is 6.54 Å². The van der Waals surface area contributed by atoms with Gasteiger partial charge in [0.2, 0.25) is 11.8 Å². The van der Waals surface area contributed by atoms with Gasteiger partial charge in [0, 0.05) is 29.6 Å². The van der Waals surface area contributed by atoms with E-state index < -0.39 is 6.04 Å². The van der Waals surface area contributed by atoms with E-state index in [0.29, 0.717) is 23.0 Å². The molecule has 0 spiro atoms. The Balaban J connectivity index is 1.96. The number of carbonyl (C=O) groups excluding carboxylic acids is 2. The lowest BCUT2D eigenvalue weighted by Crippen LogP contribution is -2.51. The number of hydrogen-bond donors (Lipinski definition) is 1. The molecule has 3 aromatic carbocycles. The van der Waals surface area contributed by atoms with Crippen LogP contribution in [0.1, 0.15) is 42.0 Å². The van der Waals surface area contributed by atoms with E-state index in [1.54, 1.807) is 17.0 Å². The molecule has 0 saturated heterocycles. The van der Waals surface area contributed by atoms with Crippen LogP contribution in [0.25, 0.3) is 0 Å². The Morgan fingerprint density at radius 1 is 0.943 bits per heavy atom. The maximum atomic E-state index is 13.7. The number of benzene rings is 3. The Morgan fingerprint density at radius 3 is 2.31 bits per heavy atom. The van der Waals surface area contributed by atoms with E-state index in [-0.39, 0.29) is 24.8 Å². The summed E-state index contributed by atoms with van der Waals surface area (Å²) in [4.78, 5) is 28.8. The molecule has 0 radical (unpaired) electrons. The summed E-state index contributed by atoms with van der Waals surface area (Å²) in [6, 6.07) is 22.2. The smallest absolute Gasteiger partial charge is 0.243 e. The lowest BCUT2D eigenvalue weighted by Gasteiger charge is -2.32. The van der Waals surface area contributed by atoms with E-state index in [0.717, 1.165) is 35.1 Å². The number of carbonyl (C=O) groups is 2. The molecule has 1 N–H and O–H groups in total. The lowest BCUT2D eigenvalue weighted by molar-refractivity contribution is -0.140. The zero-order chi connectivity index (χ0) is 25.2. The minimum absolute atomic E-state index is 0.133. The second-order valence-corrected chi connectivity index (χ2v) is 9.61. The first-order valence-corrected chi connectivity index (χ1v) is 12.7. The molecule has 2 amide bonds. The van der Waals surface area contributed by atoms with Gasteiger partial charge in [0.25, 0.3) is 0 Å². The third-order valence-corrected chi connectivity index (χ3v) is 6.52. The molecule has 35 heavy (non-hydrogen) atoms. The number of aryl methyl sites for hydroxylation is 1. The molecule has 0 aromatic heterocycles. The molecular weight excluding hydrogens is 479 g/mol. The summed E-state index contributed by atoms with van der Waals surface area (Å²) in [7, 11) is 0. The number of halogens is 2. The van der Waals surface area contributed by atoms with Crippen molar-refractivity contribution >= 4 is 35.0 Å². The zero-order valence-electron chi connectivity index (χ0n) is 20.3. The molecule has 184 valence electrons. The lowest BCUT2D eigenvalue weighted by atomic mass is 10.0. The summed E-state index contributed by atoms with van der Waals surface area (Å²) in [6.45, 7) is 4.87. The van der Waals surface area contributed by atoms with Gasteiger partial charge >= 0.3 is 0 Å². The van der Waals surface area contributed by atoms with Crippen molar-refractivity contribution in [3.63, 3.8) is 0 Å². The molecule has 0 saturated carbocycles. The van der Waals surface area contributed by atoms with Crippen LogP contribution in [0.2, 0.25) is 10.0 Å². The van der Waals surface area contributed by atoms with Crippen LogP contribution in [-0.4, -0.2) is 29.3 Å². The Bertz CT molecular complexity index is 1120. The van der Waals surface area contributed by atoms with Gasteiger partial charge in [-0.1, -0.05) is 103 Å². The minimum atomic E-state index is -0.682.